The van der Waals surface area contributed by atoms with E-state index in [9.17, 15) is 13.2 Å². The molecular weight excluding hydrogens is 412 g/mol. The average Bonchev–Trinajstić information content (AvgIpc) is 3.28. The number of thiophene rings is 1. The van der Waals surface area contributed by atoms with Gasteiger partial charge >= 0.3 is 0 Å². The number of fused-ring (bicyclic) bond motifs is 1. The molecule has 0 saturated heterocycles. The zero-order chi connectivity index (χ0) is 20.3. The second kappa shape index (κ2) is 8.14. The Morgan fingerprint density at radius 3 is 2.55 bits per heavy atom. The van der Waals surface area contributed by atoms with E-state index < -0.39 is 10.0 Å². The highest BCUT2D eigenvalue weighted by molar-refractivity contribution is 7.94. The van der Waals surface area contributed by atoms with Gasteiger partial charge in [-0.1, -0.05) is 18.2 Å². The third-order valence-electron chi connectivity index (χ3n) is 4.25. The Bertz CT molecular complexity index is 1110. The van der Waals surface area contributed by atoms with Crippen LogP contribution in [0.2, 0.25) is 0 Å². The smallest absolute Gasteiger partial charge is 0.271 e. The number of para-hydroxylation sites is 1. The average molecular weight is 431 g/mol. The van der Waals surface area contributed by atoms with Crippen molar-refractivity contribution in [3.05, 3.63) is 71.1 Å². The van der Waals surface area contributed by atoms with Crippen molar-refractivity contribution in [3.63, 3.8) is 0 Å². The Hall–Kier alpha value is -3.04. The fourth-order valence-electron chi connectivity index (χ4n) is 2.86. The van der Waals surface area contributed by atoms with Crippen molar-refractivity contribution in [1.29, 1.82) is 0 Å². The van der Waals surface area contributed by atoms with Gasteiger partial charge in [0.25, 0.3) is 15.9 Å². The van der Waals surface area contributed by atoms with Crippen LogP contribution in [0, 0.1) is 0 Å². The largest absolute Gasteiger partial charge is 0.486 e. The molecule has 0 aliphatic carbocycles. The van der Waals surface area contributed by atoms with Gasteiger partial charge in [-0.3, -0.25) is 9.52 Å². The Balaban J connectivity index is 1.40. The van der Waals surface area contributed by atoms with Crippen molar-refractivity contribution in [3.8, 4) is 11.5 Å². The fraction of sp³-hybridized carbons (Fsp3) is 0.150. The van der Waals surface area contributed by atoms with Gasteiger partial charge in [-0.2, -0.15) is 0 Å². The summed E-state index contributed by atoms with van der Waals surface area (Å²) in [6, 6.07) is 15.0. The number of anilines is 1. The van der Waals surface area contributed by atoms with E-state index in [4.69, 9.17) is 9.47 Å². The molecule has 0 spiro atoms. The van der Waals surface area contributed by atoms with Crippen LogP contribution in [-0.4, -0.2) is 27.5 Å². The van der Waals surface area contributed by atoms with Crippen LogP contribution in [0.3, 0.4) is 0 Å². The van der Waals surface area contributed by atoms with Crippen LogP contribution in [0.25, 0.3) is 0 Å². The predicted molar refractivity (Wildman–Crippen MR) is 110 cm³/mol. The van der Waals surface area contributed by atoms with Crippen molar-refractivity contribution < 1.29 is 22.7 Å². The summed E-state index contributed by atoms with van der Waals surface area (Å²) in [5.41, 5.74) is 1.64. The zero-order valence-corrected chi connectivity index (χ0v) is 16.9. The topological polar surface area (TPSA) is 93.7 Å². The molecule has 29 heavy (non-hydrogen) atoms. The molecule has 0 radical (unpaired) electrons. The maximum Gasteiger partial charge on any atom is 0.271 e. The van der Waals surface area contributed by atoms with E-state index in [0.717, 1.165) is 16.9 Å². The molecule has 0 fully saturated rings. The SMILES string of the molecule is O=C(NCc1cccc2c1OCCO2)c1ccc(NS(=O)(=O)c2cccs2)cc1. The van der Waals surface area contributed by atoms with Gasteiger partial charge in [0.15, 0.2) is 11.5 Å². The number of benzene rings is 2. The minimum atomic E-state index is -3.62. The first-order chi connectivity index (χ1) is 14.0. The quantitative estimate of drug-likeness (QED) is 0.626. The Kier molecular flexibility index (Phi) is 5.41. The van der Waals surface area contributed by atoms with Crippen molar-refractivity contribution in [2.24, 2.45) is 0 Å². The second-order valence-corrected chi connectivity index (χ2v) is 9.10. The zero-order valence-electron chi connectivity index (χ0n) is 15.3. The molecule has 7 nitrogen and oxygen atoms in total. The molecule has 150 valence electrons. The Labute approximate surface area is 172 Å². The molecule has 0 bridgehead atoms. The normalized spacial score (nSPS) is 13.0. The number of sulfonamides is 1. The number of hydrogen-bond donors (Lipinski definition) is 2. The third-order valence-corrected chi connectivity index (χ3v) is 7.03. The summed E-state index contributed by atoms with van der Waals surface area (Å²) in [5, 5.41) is 4.54. The number of nitrogens with one attached hydrogen (secondary N) is 2. The molecule has 2 aromatic carbocycles. The van der Waals surface area contributed by atoms with Crippen molar-refractivity contribution >= 4 is 33.0 Å². The maximum absolute atomic E-state index is 12.4. The second-order valence-electron chi connectivity index (χ2n) is 6.24. The fourth-order valence-corrected chi connectivity index (χ4v) is 4.91. The molecule has 1 aliphatic heterocycles. The summed E-state index contributed by atoms with van der Waals surface area (Å²) in [6.07, 6.45) is 0. The van der Waals surface area contributed by atoms with E-state index in [1.165, 1.54) is 6.07 Å². The highest BCUT2D eigenvalue weighted by atomic mass is 32.2. The lowest BCUT2D eigenvalue weighted by Crippen LogP contribution is -2.24. The Morgan fingerprint density at radius 1 is 1.00 bits per heavy atom. The molecule has 0 atom stereocenters. The highest BCUT2D eigenvalue weighted by Gasteiger charge is 2.17. The number of hydrogen-bond acceptors (Lipinski definition) is 6. The van der Waals surface area contributed by atoms with E-state index in [1.807, 2.05) is 18.2 Å². The summed E-state index contributed by atoms with van der Waals surface area (Å²) in [5.74, 6) is 1.05. The minimum Gasteiger partial charge on any atom is -0.486 e. The summed E-state index contributed by atoms with van der Waals surface area (Å²) in [7, 11) is -3.62. The van der Waals surface area contributed by atoms with Crippen LogP contribution in [0.4, 0.5) is 5.69 Å². The van der Waals surface area contributed by atoms with Gasteiger partial charge in [0, 0.05) is 23.4 Å². The molecule has 1 aliphatic rings. The van der Waals surface area contributed by atoms with E-state index in [-0.39, 0.29) is 16.7 Å². The summed E-state index contributed by atoms with van der Waals surface area (Å²) < 4.78 is 38.4. The lowest BCUT2D eigenvalue weighted by Gasteiger charge is -2.21. The van der Waals surface area contributed by atoms with Crippen LogP contribution in [0.15, 0.2) is 64.2 Å². The van der Waals surface area contributed by atoms with Crippen LogP contribution in [0.5, 0.6) is 11.5 Å². The minimum absolute atomic E-state index is 0.233. The standard InChI is InChI=1S/C20H18N2O5S2/c23-20(21-13-15-3-1-4-17-19(15)27-11-10-26-17)14-6-8-16(9-7-14)22-29(24,25)18-5-2-12-28-18/h1-9,12,22H,10-11,13H2,(H,21,23). The first kappa shape index (κ1) is 19.3. The van der Waals surface area contributed by atoms with Gasteiger partial charge < -0.3 is 14.8 Å². The highest BCUT2D eigenvalue weighted by Crippen LogP contribution is 2.33. The van der Waals surface area contributed by atoms with Crippen molar-refractivity contribution in [2.45, 2.75) is 10.8 Å². The third kappa shape index (κ3) is 4.36. The van der Waals surface area contributed by atoms with E-state index in [2.05, 4.69) is 10.0 Å². The van der Waals surface area contributed by atoms with Crippen LogP contribution in [0.1, 0.15) is 15.9 Å². The van der Waals surface area contributed by atoms with Gasteiger partial charge in [0.05, 0.1) is 0 Å². The molecule has 1 amide bonds. The number of carbonyl (C=O) groups excluding carboxylic acids is 1. The molecule has 2 N–H and O–H groups in total. The molecule has 9 heteroatoms. The van der Waals surface area contributed by atoms with E-state index in [0.29, 0.717) is 36.0 Å². The first-order valence-electron chi connectivity index (χ1n) is 8.85. The number of amides is 1. The van der Waals surface area contributed by atoms with Gasteiger partial charge in [-0.05, 0) is 41.8 Å². The summed E-state index contributed by atoms with van der Waals surface area (Å²) in [6.45, 7) is 1.27. The molecule has 3 aromatic rings. The van der Waals surface area contributed by atoms with Crippen LogP contribution >= 0.6 is 11.3 Å². The maximum atomic E-state index is 12.4. The lowest BCUT2D eigenvalue weighted by molar-refractivity contribution is 0.0950. The van der Waals surface area contributed by atoms with Crippen molar-refractivity contribution in [1.82, 2.24) is 5.32 Å². The van der Waals surface area contributed by atoms with Crippen molar-refractivity contribution in [2.75, 3.05) is 17.9 Å². The number of carbonyl (C=O) groups is 1. The van der Waals surface area contributed by atoms with Crippen LogP contribution in [-0.2, 0) is 16.6 Å². The van der Waals surface area contributed by atoms with Gasteiger partial charge in [-0.25, -0.2) is 8.42 Å². The molecule has 0 saturated carbocycles. The van der Waals surface area contributed by atoms with E-state index in [1.54, 1.807) is 35.7 Å². The predicted octanol–water partition coefficient (Wildman–Crippen LogP) is 3.25. The van der Waals surface area contributed by atoms with Gasteiger partial charge in [-0.15, -0.1) is 11.3 Å². The van der Waals surface area contributed by atoms with Crippen LogP contribution < -0.4 is 19.5 Å². The van der Waals surface area contributed by atoms with Gasteiger partial charge in [0.1, 0.15) is 17.4 Å². The Morgan fingerprint density at radius 2 is 1.79 bits per heavy atom. The number of ether oxygens (including phenoxy) is 2. The lowest BCUT2D eigenvalue weighted by atomic mass is 10.1. The molecule has 2 heterocycles. The molecular formula is C20H18N2O5S2. The molecule has 1 aromatic heterocycles. The van der Waals surface area contributed by atoms with E-state index >= 15 is 0 Å². The number of rotatable bonds is 6. The monoisotopic (exact) mass is 430 g/mol. The molecule has 4 rings (SSSR count). The van der Waals surface area contributed by atoms with Gasteiger partial charge in [0.2, 0.25) is 0 Å². The molecule has 0 unspecified atom stereocenters. The summed E-state index contributed by atoms with van der Waals surface area (Å²) >= 11 is 1.14. The summed E-state index contributed by atoms with van der Waals surface area (Å²) in [4.78, 5) is 12.4. The first-order valence-corrected chi connectivity index (χ1v) is 11.2.